The number of phosphoric ester groups is 2. The van der Waals surface area contributed by atoms with Crippen LogP contribution in [-0.4, -0.2) is 107 Å². The highest BCUT2D eigenvalue weighted by atomic mass is 31.3. The molecule has 0 amide bonds. The van der Waals surface area contributed by atoms with E-state index in [9.17, 15) is 53.3 Å². The zero-order valence-electron chi connectivity index (χ0n) is 17.8. The van der Waals surface area contributed by atoms with Gasteiger partial charge in [-0.3, -0.25) is 23.4 Å². The quantitative estimate of drug-likeness (QED) is 0.133. The Balaban J connectivity index is 1.61. The summed E-state index contributed by atoms with van der Waals surface area (Å²) in [5, 5.41) is 48.3. The highest BCUT2D eigenvalue weighted by Gasteiger charge is 2.50. The molecule has 21 heteroatoms. The number of halogens is 1. The molecule has 1 aromatic rings. The Labute approximate surface area is 199 Å². The topological polar surface area (TPSA) is 277 Å². The van der Waals surface area contributed by atoms with Gasteiger partial charge < -0.3 is 44.8 Å². The summed E-state index contributed by atoms with van der Waals surface area (Å²) in [7, 11) is -11.1. The van der Waals surface area contributed by atoms with E-state index in [1.165, 1.54) is 0 Å². The number of aromatic amines is 1. The predicted octanol–water partition coefficient (Wildman–Crippen LogP) is -3.82. The van der Waals surface area contributed by atoms with E-state index in [1.54, 1.807) is 0 Å². The summed E-state index contributed by atoms with van der Waals surface area (Å²) >= 11 is 0. The molecule has 2 aliphatic heterocycles. The highest BCUT2D eigenvalue weighted by Crippen LogP contribution is 2.61. The number of hydrogen-bond donors (Lipinski definition) is 8. The maximum Gasteiger partial charge on any atom is 0.483 e. The SMILES string of the molecule is O=c1ccn([C@@H]2O[C@H](COP(=O)(O)OP(=O)(O)O[C@H]3O[C@H](CO)[C@@H](O)[C@H](O)[C@H]3O)[C@@H](O)[C@@H]2F)c(=O)[nH]1. The number of H-pyrrole nitrogens is 1. The number of rotatable bonds is 9. The average Bonchev–Trinajstić information content (AvgIpc) is 3.06. The van der Waals surface area contributed by atoms with Crippen molar-refractivity contribution in [2.24, 2.45) is 0 Å². The zero-order chi connectivity index (χ0) is 27.0. The standard InChI is InChI=1S/C15H23FN2O16P2/c16-8-9(21)6(31-13(8)18-2-1-7(20)17-15(18)25)4-30-35(26,27)34-36(28,29)33-14-12(24)11(23)10(22)5(3-19)32-14/h1-2,5-6,8-14,19,21-24H,3-4H2,(H,26,27)(H,28,29)(H,17,20,25)/t5-,6-,8+,9-,10-,11+,12-,13-,14-/m1/s1. The molecule has 0 bridgehead atoms. The molecule has 3 heterocycles. The number of nitrogens with one attached hydrogen (secondary N) is 1. The van der Waals surface area contributed by atoms with Crippen molar-refractivity contribution in [3.63, 3.8) is 0 Å². The van der Waals surface area contributed by atoms with Crippen LogP contribution in [0.5, 0.6) is 0 Å². The summed E-state index contributed by atoms with van der Waals surface area (Å²) in [6.07, 6.45) is -16.6. The van der Waals surface area contributed by atoms with Crippen LogP contribution in [0, 0.1) is 0 Å². The lowest BCUT2D eigenvalue weighted by molar-refractivity contribution is -0.280. The van der Waals surface area contributed by atoms with Crippen LogP contribution in [0.4, 0.5) is 4.39 Å². The predicted molar refractivity (Wildman–Crippen MR) is 108 cm³/mol. The smallest absolute Gasteiger partial charge is 0.394 e. The van der Waals surface area contributed by atoms with Crippen LogP contribution in [-0.2, 0) is 32.0 Å². The molecule has 1 aromatic heterocycles. The van der Waals surface area contributed by atoms with Crippen LogP contribution in [0.2, 0.25) is 0 Å². The lowest BCUT2D eigenvalue weighted by atomic mass is 10.00. The second-order valence-electron chi connectivity index (χ2n) is 7.63. The second kappa shape index (κ2) is 11.1. The molecule has 11 atom stereocenters. The minimum atomic E-state index is -5.62. The molecule has 206 valence electrons. The van der Waals surface area contributed by atoms with Gasteiger partial charge in [-0.15, -0.1) is 0 Å². The van der Waals surface area contributed by atoms with E-state index >= 15 is 0 Å². The number of aliphatic hydroxyl groups excluding tert-OH is 5. The van der Waals surface area contributed by atoms with E-state index in [0.29, 0.717) is 4.57 Å². The summed E-state index contributed by atoms with van der Waals surface area (Å²) < 4.78 is 62.1. The largest absolute Gasteiger partial charge is 0.483 e. The zero-order valence-corrected chi connectivity index (χ0v) is 19.6. The van der Waals surface area contributed by atoms with Crippen molar-refractivity contribution < 1.29 is 71.7 Å². The third kappa shape index (κ3) is 6.53. The highest BCUT2D eigenvalue weighted by molar-refractivity contribution is 7.61. The molecule has 2 unspecified atom stereocenters. The van der Waals surface area contributed by atoms with E-state index in [-0.39, 0.29) is 0 Å². The minimum Gasteiger partial charge on any atom is -0.394 e. The van der Waals surface area contributed by atoms with Gasteiger partial charge in [0.05, 0.1) is 13.2 Å². The Morgan fingerprint density at radius 3 is 2.28 bits per heavy atom. The first-order valence-electron chi connectivity index (χ1n) is 9.95. The molecule has 0 spiro atoms. The van der Waals surface area contributed by atoms with Crippen molar-refractivity contribution in [2.45, 2.75) is 55.3 Å². The van der Waals surface area contributed by atoms with Crippen LogP contribution >= 0.6 is 15.6 Å². The molecule has 2 fully saturated rings. The van der Waals surface area contributed by atoms with Crippen molar-refractivity contribution in [3.05, 3.63) is 33.1 Å². The average molecular weight is 568 g/mol. The van der Waals surface area contributed by atoms with Gasteiger partial charge in [0.25, 0.3) is 5.56 Å². The fraction of sp³-hybridized carbons (Fsp3) is 0.733. The number of ether oxygens (including phenoxy) is 2. The molecule has 2 aliphatic rings. The molecule has 18 nitrogen and oxygen atoms in total. The number of hydrogen-bond acceptors (Lipinski definition) is 14. The minimum absolute atomic E-state index is 0.598. The van der Waals surface area contributed by atoms with E-state index in [4.69, 9.17) is 14.6 Å². The summed E-state index contributed by atoms with van der Waals surface area (Å²) in [4.78, 5) is 44.3. The van der Waals surface area contributed by atoms with Crippen molar-refractivity contribution in [1.29, 1.82) is 0 Å². The summed E-state index contributed by atoms with van der Waals surface area (Å²) in [6.45, 7) is -2.02. The van der Waals surface area contributed by atoms with Crippen molar-refractivity contribution in [2.75, 3.05) is 13.2 Å². The van der Waals surface area contributed by atoms with Gasteiger partial charge in [-0.1, -0.05) is 0 Å². The van der Waals surface area contributed by atoms with Gasteiger partial charge in [0.15, 0.2) is 18.7 Å². The van der Waals surface area contributed by atoms with Crippen molar-refractivity contribution >= 4 is 15.6 Å². The molecular weight excluding hydrogens is 545 g/mol. The maximum atomic E-state index is 14.5. The van der Waals surface area contributed by atoms with Crippen LogP contribution in [0.1, 0.15) is 6.23 Å². The monoisotopic (exact) mass is 568 g/mol. The van der Waals surface area contributed by atoms with E-state index in [0.717, 1.165) is 12.3 Å². The third-order valence-electron chi connectivity index (χ3n) is 5.11. The molecule has 3 rings (SSSR count). The van der Waals surface area contributed by atoms with Gasteiger partial charge in [-0.25, -0.2) is 18.3 Å². The lowest BCUT2D eigenvalue weighted by Gasteiger charge is -2.39. The third-order valence-corrected chi connectivity index (χ3v) is 7.71. The molecule has 0 aliphatic carbocycles. The Kier molecular flexibility index (Phi) is 9.02. The number of aliphatic hydroxyl groups is 5. The summed E-state index contributed by atoms with van der Waals surface area (Å²) in [5.74, 6) is 0. The van der Waals surface area contributed by atoms with E-state index in [2.05, 4.69) is 13.4 Å². The number of alkyl halides is 1. The first-order valence-corrected chi connectivity index (χ1v) is 12.9. The van der Waals surface area contributed by atoms with Gasteiger partial charge >= 0.3 is 21.3 Å². The maximum absolute atomic E-state index is 14.5. The fourth-order valence-corrected chi connectivity index (χ4v) is 5.48. The first kappa shape index (κ1) is 29.2. The van der Waals surface area contributed by atoms with Gasteiger partial charge in [-0.2, -0.15) is 4.31 Å². The molecular formula is C15H23FN2O16P2. The first-order chi connectivity index (χ1) is 16.7. The molecule has 0 radical (unpaired) electrons. The molecule has 36 heavy (non-hydrogen) atoms. The lowest BCUT2D eigenvalue weighted by Crippen LogP contribution is -2.58. The number of nitrogens with zero attached hydrogens (tertiary/aromatic N) is 1. The van der Waals surface area contributed by atoms with E-state index < -0.39 is 95.4 Å². The summed E-state index contributed by atoms with van der Waals surface area (Å²) in [6, 6.07) is 0.873. The summed E-state index contributed by atoms with van der Waals surface area (Å²) in [5.41, 5.74) is -1.87. The Morgan fingerprint density at radius 2 is 1.67 bits per heavy atom. The second-order valence-corrected chi connectivity index (χ2v) is 10.6. The number of aromatic nitrogens is 2. The van der Waals surface area contributed by atoms with E-state index in [1.807, 2.05) is 4.98 Å². The van der Waals surface area contributed by atoms with Crippen LogP contribution in [0.25, 0.3) is 0 Å². The Morgan fingerprint density at radius 1 is 1.00 bits per heavy atom. The van der Waals surface area contributed by atoms with Gasteiger partial charge in [0.2, 0.25) is 0 Å². The van der Waals surface area contributed by atoms with Crippen molar-refractivity contribution in [1.82, 2.24) is 9.55 Å². The Bertz CT molecular complexity index is 1130. The Hall–Kier alpha value is -1.41. The van der Waals surface area contributed by atoms with Crippen LogP contribution in [0.3, 0.4) is 0 Å². The molecule has 8 N–H and O–H groups in total. The van der Waals surface area contributed by atoms with Gasteiger partial charge in [0.1, 0.15) is 36.6 Å². The molecule has 2 saturated heterocycles. The molecule has 0 aromatic carbocycles. The number of phosphoric acid groups is 2. The van der Waals surface area contributed by atoms with Gasteiger partial charge in [0, 0.05) is 12.3 Å². The van der Waals surface area contributed by atoms with Crippen molar-refractivity contribution in [3.8, 4) is 0 Å². The van der Waals surface area contributed by atoms with Gasteiger partial charge in [-0.05, 0) is 0 Å². The van der Waals surface area contributed by atoms with Crippen LogP contribution < -0.4 is 11.2 Å². The van der Waals surface area contributed by atoms with Crippen LogP contribution in [0.15, 0.2) is 21.9 Å². The molecule has 0 saturated carbocycles. The normalized spacial score (nSPS) is 38.4. The fourth-order valence-electron chi connectivity index (χ4n) is 3.32.